The maximum atomic E-state index is 13.6. The summed E-state index contributed by atoms with van der Waals surface area (Å²) >= 11 is 1.22. The molecule has 1 aliphatic rings. The van der Waals surface area contributed by atoms with E-state index >= 15 is 0 Å². The van der Waals surface area contributed by atoms with Crippen LogP contribution in [0.1, 0.15) is 41.1 Å². The minimum absolute atomic E-state index is 0.0594. The Morgan fingerprint density at radius 3 is 2.62 bits per heavy atom. The zero-order valence-corrected chi connectivity index (χ0v) is 14.9. The van der Waals surface area contributed by atoms with Crippen molar-refractivity contribution in [2.45, 2.75) is 45.2 Å². The number of aryl methyl sites for hydroxylation is 3. The van der Waals surface area contributed by atoms with Crippen molar-refractivity contribution in [3.8, 4) is 5.82 Å². The monoisotopic (exact) mass is 379 g/mol. The van der Waals surface area contributed by atoms with Crippen molar-refractivity contribution in [1.82, 2.24) is 14.5 Å². The third kappa shape index (κ3) is 2.82. The lowest BCUT2D eigenvalue weighted by Crippen LogP contribution is -2.29. The molecule has 0 saturated heterocycles. The first-order valence-corrected chi connectivity index (χ1v) is 9.25. The second-order valence-corrected chi connectivity index (χ2v) is 7.60. The average molecular weight is 379 g/mol. The maximum absolute atomic E-state index is 13.6. The average Bonchev–Trinajstić information content (AvgIpc) is 2.77. The van der Waals surface area contributed by atoms with Gasteiger partial charge in [0.2, 0.25) is 5.82 Å². The Labute approximate surface area is 151 Å². The molecule has 3 aromatic heterocycles. The van der Waals surface area contributed by atoms with Crippen molar-refractivity contribution in [1.29, 1.82) is 0 Å². The van der Waals surface area contributed by atoms with E-state index in [2.05, 4.69) is 9.97 Å². The number of alkyl halides is 3. The van der Waals surface area contributed by atoms with Gasteiger partial charge in [-0.1, -0.05) is 12.5 Å². The lowest BCUT2D eigenvalue weighted by molar-refractivity contribution is -0.146. The quantitative estimate of drug-likeness (QED) is 0.588. The summed E-state index contributed by atoms with van der Waals surface area (Å²) in [5.74, 6) is -1.28. The van der Waals surface area contributed by atoms with Gasteiger partial charge < -0.3 is 0 Å². The molecular formula is C18H16F3N3OS. The van der Waals surface area contributed by atoms with E-state index in [1.165, 1.54) is 23.6 Å². The van der Waals surface area contributed by atoms with Crippen LogP contribution in [0.2, 0.25) is 0 Å². The normalized spacial score (nSPS) is 15.1. The minimum atomic E-state index is -4.75. The Morgan fingerprint density at radius 2 is 1.92 bits per heavy atom. The summed E-state index contributed by atoms with van der Waals surface area (Å²) in [6.45, 7) is 1.78. The zero-order valence-electron chi connectivity index (χ0n) is 14.1. The summed E-state index contributed by atoms with van der Waals surface area (Å²) in [7, 11) is 0. The first-order valence-electron chi connectivity index (χ1n) is 8.44. The molecule has 3 heterocycles. The van der Waals surface area contributed by atoms with Gasteiger partial charge in [-0.25, -0.2) is 14.5 Å². The molecule has 4 rings (SSSR count). The fourth-order valence-corrected chi connectivity index (χ4v) is 4.63. The van der Waals surface area contributed by atoms with Crippen LogP contribution >= 0.6 is 11.3 Å². The number of hydrogen-bond donors (Lipinski definition) is 0. The first-order chi connectivity index (χ1) is 12.4. The van der Waals surface area contributed by atoms with Crippen LogP contribution in [0.3, 0.4) is 0 Å². The van der Waals surface area contributed by atoms with Crippen molar-refractivity contribution in [3.63, 3.8) is 0 Å². The number of thiophene rings is 1. The van der Waals surface area contributed by atoms with Crippen molar-refractivity contribution in [3.05, 3.63) is 50.5 Å². The fourth-order valence-electron chi connectivity index (χ4n) is 3.38. The molecule has 1 aliphatic carbocycles. The lowest BCUT2D eigenvalue weighted by atomic mass is 10.1. The number of hydrogen-bond acceptors (Lipinski definition) is 4. The van der Waals surface area contributed by atoms with Gasteiger partial charge in [-0.2, -0.15) is 13.2 Å². The molecule has 0 fully saturated rings. The van der Waals surface area contributed by atoms with Gasteiger partial charge in [0, 0.05) is 11.1 Å². The standard InChI is InChI=1S/C18H16F3N3OS/c1-10-7-8-13(22-9-10)24-16(25)14-11-5-3-2-4-6-12(11)26-15(14)23-17(24)18(19,20)21/h7-9H,2-6H2,1H3. The molecule has 0 unspecified atom stereocenters. The second-order valence-electron chi connectivity index (χ2n) is 6.51. The molecule has 136 valence electrons. The summed E-state index contributed by atoms with van der Waals surface area (Å²) in [4.78, 5) is 22.2. The van der Waals surface area contributed by atoms with Gasteiger partial charge in [0.05, 0.1) is 5.39 Å². The molecule has 0 spiro atoms. The Balaban J connectivity index is 2.07. The van der Waals surface area contributed by atoms with Gasteiger partial charge in [-0.15, -0.1) is 11.3 Å². The smallest absolute Gasteiger partial charge is 0.268 e. The van der Waals surface area contributed by atoms with Gasteiger partial charge in [0.25, 0.3) is 5.56 Å². The molecule has 0 amide bonds. The third-order valence-electron chi connectivity index (χ3n) is 4.62. The highest BCUT2D eigenvalue weighted by Gasteiger charge is 2.39. The van der Waals surface area contributed by atoms with Crippen LogP contribution < -0.4 is 5.56 Å². The molecule has 0 atom stereocenters. The lowest BCUT2D eigenvalue weighted by Gasteiger charge is -2.14. The van der Waals surface area contributed by atoms with Crippen LogP contribution in [0.25, 0.3) is 16.0 Å². The molecule has 0 N–H and O–H groups in total. The topological polar surface area (TPSA) is 47.8 Å². The van der Waals surface area contributed by atoms with Crippen LogP contribution in [0.15, 0.2) is 23.1 Å². The number of halogens is 3. The van der Waals surface area contributed by atoms with Gasteiger partial charge in [0.15, 0.2) is 0 Å². The number of pyridine rings is 1. The van der Waals surface area contributed by atoms with Gasteiger partial charge in [-0.05, 0) is 49.8 Å². The number of fused-ring (bicyclic) bond motifs is 3. The largest absolute Gasteiger partial charge is 0.450 e. The van der Waals surface area contributed by atoms with Crippen LogP contribution in [0, 0.1) is 6.92 Å². The molecule has 0 bridgehead atoms. The van der Waals surface area contributed by atoms with E-state index in [4.69, 9.17) is 0 Å². The predicted molar refractivity (Wildman–Crippen MR) is 94.0 cm³/mol. The number of rotatable bonds is 1. The second kappa shape index (κ2) is 6.19. The highest BCUT2D eigenvalue weighted by Crippen LogP contribution is 2.36. The summed E-state index contributed by atoms with van der Waals surface area (Å²) in [6, 6.07) is 3.05. The molecule has 0 aliphatic heterocycles. The Kier molecular flexibility index (Phi) is 4.10. The van der Waals surface area contributed by atoms with E-state index in [1.807, 2.05) is 0 Å². The van der Waals surface area contributed by atoms with Crippen molar-refractivity contribution in [2.24, 2.45) is 0 Å². The third-order valence-corrected chi connectivity index (χ3v) is 5.80. The van der Waals surface area contributed by atoms with E-state index < -0.39 is 17.6 Å². The fraction of sp³-hybridized carbons (Fsp3) is 0.389. The molecule has 3 aromatic rings. The van der Waals surface area contributed by atoms with E-state index in [1.54, 1.807) is 13.0 Å². The highest BCUT2D eigenvalue weighted by molar-refractivity contribution is 7.18. The molecule has 26 heavy (non-hydrogen) atoms. The predicted octanol–water partition coefficient (Wildman–Crippen LogP) is 4.44. The van der Waals surface area contributed by atoms with Crippen LogP contribution in [0.5, 0.6) is 0 Å². The van der Waals surface area contributed by atoms with Crippen molar-refractivity contribution >= 4 is 21.6 Å². The van der Waals surface area contributed by atoms with E-state index in [9.17, 15) is 18.0 Å². The SMILES string of the molecule is Cc1ccc(-n2c(C(F)(F)F)nc3sc4c(c3c2=O)CCCCC4)nc1. The summed E-state index contributed by atoms with van der Waals surface area (Å²) < 4.78 is 41.5. The summed E-state index contributed by atoms with van der Waals surface area (Å²) in [6.07, 6.45) is 1.17. The van der Waals surface area contributed by atoms with E-state index in [0.717, 1.165) is 41.7 Å². The van der Waals surface area contributed by atoms with Crippen LogP contribution in [0.4, 0.5) is 13.2 Å². The molecule has 4 nitrogen and oxygen atoms in total. The number of nitrogens with zero attached hydrogens (tertiary/aromatic N) is 3. The molecular weight excluding hydrogens is 363 g/mol. The maximum Gasteiger partial charge on any atom is 0.450 e. The first kappa shape index (κ1) is 17.2. The summed E-state index contributed by atoms with van der Waals surface area (Å²) in [5, 5.41) is 0.322. The highest BCUT2D eigenvalue weighted by atomic mass is 32.1. The number of aromatic nitrogens is 3. The molecule has 0 aromatic carbocycles. The molecule has 0 saturated carbocycles. The zero-order chi connectivity index (χ0) is 18.5. The van der Waals surface area contributed by atoms with Gasteiger partial charge >= 0.3 is 6.18 Å². The minimum Gasteiger partial charge on any atom is -0.268 e. The Hall–Kier alpha value is -2.22. The van der Waals surface area contributed by atoms with E-state index in [0.29, 0.717) is 16.4 Å². The van der Waals surface area contributed by atoms with Crippen LogP contribution in [-0.4, -0.2) is 14.5 Å². The van der Waals surface area contributed by atoms with Gasteiger partial charge in [0.1, 0.15) is 10.6 Å². The van der Waals surface area contributed by atoms with Crippen molar-refractivity contribution in [2.75, 3.05) is 0 Å². The molecule has 8 heteroatoms. The Morgan fingerprint density at radius 1 is 1.15 bits per heavy atom. The Bertz CT molecular complexity index is 1030. The van der Waals surface area contributed by atoms with Crippen molar-refractivity contribution < 1.29 is 13.2 Å². The van der Waals surface area contributed by atoms with Gasteiger partial charge in [-0.3, -0.25) is 4.79 Å². The van der Waals surface area contributed by atoms with Crippen LogP contribution in [-0.2, 0) is 19.0 Å². The molecule has 0 radical (unpaired) electrons. The summed E-state index contributed by atoms with van der Waals surface area (Å²) in [5.41, 5.74) is 0.987. The van der Waals surface area contributed by atoms with E-state index in [-0.39, 0.29) is 10.6 Å².